The monoisotopic (exact) mass is 320 g/mol. The van der Waals surface area contributed by atoms with Crippen LogP contribution in [0.5, 0.6) is 0 Å². The van der Waals surface area contributed by atoms with Crippen molar-refractivity contribution in [2.24, 2.45) is 0 Å². The topological polar surface area (TPSA) is 89.9 Å². The average Bonchev–Trinajstić information content (AvgIpc) is 2.51. The molecule has 0 amide bonds. The second kappa shape index (κ2) is 9.40. The molecule has 1 N–H and O–H groups in total. The third-order valence-corrected chi connectivity index (χ3v) is 2.95. The lowest BCUT2D eigenvalue weighted by Crippen LogP contribution is -2.11. The van der Waals surface area contributed by atoms with Crippen molar-refractivity contribution in [1.82, 2.24) is 0 Å². The number of aliphatic carboxylic acids is 1. The van der Waals surface area contributed by atoms with Gasteiger partial charge in [0.25, 0.3) is 0 Å². The van der Waals surface area contributed by atoms with Crippen LogP contribution >= 0.6 is 0 Å². The fourth-order valence-electron chi connectivity index (χ4n) is 1.97. The van der Waals surface area contributed by atoms with Crippen molar-refractivity contribution in [3.8, 4) is 0 Å². The Morgan fingerprint density at radius 3 is 2.43 bits per heavy atom. The molecule has 124 valence electrons. The van der Waals surface area contributed by atoms with Crippen LogP contribution in [0.1, 0.15) is 41.8 Å². The molecule has 0 saturated heterocycles. The van der Waals surface area contributed by atoms with E-state index in [1.165, 1.54) is 6.08 Å². The normalized spacial score (nSPS) is 10.5. The van der Waals surface area contributed by atoms with Crippen LogP contribution in [0.2, 0.25) is 0 Å². The van der Waals surface area contributed by atoms with Crippen LogP contribution in [0.15, 0.2) is 24.3 Å². The number of carbonyl (C=O) groups is 3. The van der Waals surface area contributed by atoms with Gasteiger partial charge in [-0.3, -0.25) is 4.79 Å². The predicted octanol–water partition coefficient (Wildman–Crippen LogP) is 2.46. The van der Waals surface area contributed by atoms with Gasteiger partial charge in [-0.2, -0.15) is 0 Å². The minimum atomic E-state index is -1.06. The first-order chi connectivity index (χ1) is 11.0. The van der Waals surface area contributed by atoms with E-state index >= 15 is 0 Å². The average molecular weight is 320 g/mol. The molecule has 0 heterocycles. The molecule has 6 heteroatoms. The summed E-state index contributed by atoms with van der Waals surface area (Å²) in [4.78, 5) is 34.0. The summed E-state index contributed by atoms with van der Waals surface area (Å²) >= 11 is 0. The van der Waals surface area contributed by atoms with Crippen molar-refractivity contribution >= 4 is 24.0 Å². The van der Waals surface area contributed by atoms with Crippen LogP contribution in [0.4, 0.5) is 0 Å². The van der Waals surface area contributed by atoms with Gasteiger partial charge in [0, 0.05) is 12.5 Å². The number of ether oxygens (including phenoxy) is 2. The summed E-state index contributed by atoms with van der Waals surface area (Å²) in [6.45, 7) is 3.97. The molecular formula is C17H20O6. The fraction of sp³-hybridized carbons (Fsp3) is 0.353. The molecule has 0 aliphatic carbocycles. The number of carboxylic acids is 1. The molecule has 1 rings (SSSR count). The van der Waals surface area contributed by atoms with Gasteiger partial charge in [-0.05, 0) is 43.5 Å². The third-order valence-electron chi connectivity index (χ3n) is 2.95. The van der Waals surface area contributed by atoms with Gasteiger partial charge < -0.3 is 14.6 Å². The molecule has 0 unspecified atom stereocenters. The van der Waals surface area contributed by atoms with Crippen LogP contribution in [0, 0.1) is 0 Å². The summed E-state index contributed by atoms with van der Waals surface area (Å²) in [5.74, 6) is -1.89. The number of hydrogen-bond acceptors (Lipinski definition) is 5. The quantitative estimate of drug-likeness (QED) is 0.584. The molecular weight excluding hydrogens is 300 g/mol. The summed E-state index contributed by atoms with van der Waals surface area (Å²) in [5, 5.41) is 8.67. The second-order valence-electron chi connectivity index (χ2n) is 4.61. The van der Waals surface area contributed by atoms with Crippen molar-refractivity contribution in [3.05, 3.63) is 41.0 Å². The van der Waals surface area contributed by atoms with Crippen LogP contribution in [-0.2, 0) is 25.5 Å². The van der Waals surface area contributed by atoms with Gasteiger partial charge in [0.1, 0.15) is 0 Å². The molecule has 1 aromatic rings. The Morgan fingerprint density at radius 1 is 1.13 bits per heavy atom. The molecule has 0 aliphatic heterocycles. The van der Waals surface area contributed by atoms with Crippen molar-refractivity contribution in [3.63, 3.8) is 0 Å². The van der Waals surface area contributed by atoms with Crippen molar-refractivity contribution in [2.45, 2.75) is 26.7 Å². The highest BCUT2D eigenvalue weighted by Crippen LogP contribution is 2.17. The lowest BCUT2D eigenvalue weighted by Gasteiger charge is -2.10. The van der Waals surface area contributed by atoms with E-state index in [0.717, 1.165) is 6.08 Å². The SMILES string of the molecule is CCOC(=O)CCc1cc(/C=C/C(=O)O)ccc1C(=O)OCC. The summed E-state index contributed by atoms with van der Waals surface area (Å²) in [6, 6.07) is 4.87. The molecule has 6 nitrogen and oxygen atoms in total. The summed E-state index contributed by atoms with van der Waals surface area (Å²) in [7, 11) is 0. The van der Waals surface area contributed by atoms with E-state index in [0.29, 0.717) is 29.7 Å². The van der Waals surface area contributed by atoms with Crippen molar-refractivity contribution in [2.75, 3.05) is 13.2 Å². The maximum Gasteiger partial charge on any atom is 0.338 e. The van der Waals surface area contributed by atoms with Crippen LogP contribution in [0.3, 0.4) is 0 Å². The number of esters is 2. The van der Waals surface area contributed by atoms with Gasteiger partial charge in [0.05, 0.1) is 18.8 Å². The highest BCUT2D eigenvalue weighted by Gasteiger charge is 2.14. The van der Waals surface area contributed by atoms with E-state index in [-0.39, 0.29) is 19.0 Å². The molecule has 0 fully saturated rings. The second-order valence-corrected chi connectivity index (χ2v) is 4.61. The Hall–Kier alpha value is -2.63. The van der Waals surface area contributed by atoms with E-state index in [9.17, 15) is 14.4 Å². The highest BCUT2D eigenvalue weighted by atomic mass is 16.5. The minimum absolute atomic E-state index is 0.131. The van der Waals surface area contributed by atoms with Gasteiger partial charge in [0.2, 0.25) is 0 Å². The first kappa shape index (κ1) is 18.4. The van der Waals surface area contributed by atoms with Gasteiger partial charge >= 0.3 is 17.9 Å². The smallest absolute Gasteiger partial charge is 0.338 e. The zero-order valence-corrected chi connectivity index (χ0v) is 13.2. The molecule has 0 radical (unpaired) electrons. The molecule has 1 aromatic carbocycles. The van der Waals surface area contributed by atoms with Gasteiger partial charge in [-0.25, -0.2) is 9.59 Å². The Morgan fingerprint density at radius 2 is 1.83 bits per heavy atom. The largest absolute Gasteiger partial charge is 0.478 e. The number of aryl methyl sites for hydroxylation is 1. The predicted molar refractivity (Wildman–Crippen MR) is 84.0 cm³/mol. The zero-order valence-electron chi connectivity index (χ0n) is 13.2. The number of carboxylic acid groups (broad SMARTS) is 1. The zero-order chi connectivity index (χ0) is 17.2. The van der Waals surface area contributed by atoms with E-state index < -0.39 is 11.9 Å². The Labute approximate surface area is 134 Å². The number of carbonyl (C=O) groups excluding carboxylic acids is 2. The van der Waals surface area contributed by atoms with Gasteiger partial charge in [-0.1, -0.05) is 12.1 Å². The molecule has 0 bridgehead atoms. The summed E-state index contributed by atoms with van der Waals surface area (Å²) in [6.07, 6.45) is 2.87. The van der Waals surface area contributed by atoms with E-state index in [1.807, 2.05) is 0 Å². The highest BCUT2D eigenvalue weighted by molar-refractivity contribution is 5.92. The lowest BCUT2D eigenvalue weighted by atomic mass is 9.99. The first-order valence-electron chi connectivity index (χ1n) is 7.34. The minimum Gasteiger partial charge on any atom is -0.478 e. The van der Waals surface area contributed by atoms with Crippen LogP contribution in [0.25, 0.3) is 6.08 Å². The standard InChI is InChI=1S/C17H20O6/c1-3-22-16(20)10-7-13-11-12(6-9-15(18)19)5-8-14(13)17(21)23-4-2/h5-6,8-9,11H,3-4,7,10H2,1-2H3,(H,18,19)/b9-6+. The maximum absolute atomic E-state index is 12.0. The Kier molecular flexibility index (Phi) is 7.53. The van der Waals surface area contributed by atoms with Gasteiger partial charge in [-0.15, -0.1) is 0 Å². The molecule has 0 spiro atoms. The van der Waals surface area contributed by atoms with Crippen molar-refractivity contribution < 1.29 is 29.0 Å². The summed E-state index contributed by atoms with van der Waals surface area (Å²) < 4.78 is 9.87. The Balaban J connectivity index is 3.02. The number of rotatable bonds is 8. The third kappa shape index (κ3) is 6.34. The van der Waals surface area contributed by atoms with Crippen LogP contribution < -0.4 is 0 Å². The maximum atomic E-state index is 12.0. The first-order valence-corrected chi connectivity index (χ1v) is 7.34. The summed E-state index contributed by atoms with van der Waals surface area (Å²) in [5.41, 5.74) is 1.60. The van der Waals surface area contributed by atoms with Crippen molar-refractivity contribution in [1.29, 1.82) is 0 Å². The van der Waals surface area contributed by atoms with E-state index in [2.05, 4.69) is 0 Å². The van der Waals surface area contributed by atoms with Gasteiger partial charge in [0.15, 0.2) is 0 Å². The Bertz CT molecular complexity index is 603. The number of benzene rings is 1. The molecule has 0 atom stereocenters. The fourth-order valence-corrected chi connectivity index (χ4v) is 1.97. The lowest BCUT2D eigenvalue weighted by molar-refractivity contribution is -0.143. The molecule has 0 aliphatic rings. The van der Waals surface area contributed by atoms with E-state index in [4.69, 9.17) is 14.6 Å². The molecule has 0 aromatic heterocycles. The molecule has 0 saturated carbocycles. The molecule has 23 heavy (non-hydrogen) atoms. The number of hydrogen-bond donors (Lipinski definition) is 1. The van der Waals surface area contributed by atoms with Crippen LogP contribution in [-0.4, -0.2) is 36.2 Å². The van der Waals surface area contributed by atoms with E-state index in [1.54, 1.807) is 32.0 Å².